The SMILES string of the molecule is Cc1cc(C)c(CC(O)Cc2cccc(F)c2)c(C)c1. The summed E-state index contributed by atoms with van der Waals surface area (Å²) in [4.78, 5) is 0. The first-order valence-electron chi connectivity index (χ1n) is 6.95. The summed E-state index contributed by atoms with van der Waals surface area (Å²) in [6.07, 6.45) is 0.593. The van der Waals surface area contributed by atoms with Crippen molar-refractivity contribution in [2.75, 3.05) is 0 Å². The molecule has 0 fully saturated rings. The Morgan fingerprint density at radius 1 is 1.00 bits per heavy atom. The number of aliphatic hydroxyl groups excluding tert-OH is 1. The van der Waals surface area contributed by atoms with Crippen LogP contribution in [0.25, 0.3) is 0 Å². The number of rotatable bonds is 4. The third-order valence-corrected chi connectivity index (χ3v) is 3.64. The van der Waals surface area contributed by atoms with E-state index in [-0.39, 0.29) is 5.82 Å². The molecule has 0 saturated carbocycles. The zero-order valence-corrected chi connectivity index (χ0v) is 12.3. The summed E-state index contributed by atoms with van der Waals surface area (Å²) in [5, 5.41) is 10.2. The second kappa shape index (κ2) is 6.19. The lowest BCUT2D eigenvalue weighted by Crippen LogP contribution is -2.15. The van der Waals surface area contributed by atoms with Crippen LogP contribution in [0.5, 0.6) is 0 Å². The van der Waals surface area contributed by atoms with Crippen LogP contribution in [0, 0.1) is 26.6 Å². The Morgan fingerprint density at radius 3 is 2.25 bits per heavy atom. The molecule has 1 N–H and O–H groups in total. The van der Waals surface area contributed by atoms with Gasteiger partial charge in [-0.3, -0.25) is 0 Å². The van der Waals surface area contributed by atoms with Crippen LogP contribution in [0.3, 0.4) is 0 Å². The Kier molecular flexibility index (Phi) is 4.56. The van der Waals surface area contributed by atoms with Crippen LogP contribution in [-0.4, -0.2) is 11.2 Å². The maximum absolute atomic E-state index is 13.1. The number of halogens is 1. The van der Waals surface area contributed by atoms with Gasteiger partial charge in [-0.2, -0.15) is 0 Å². The molecule has 2 rings (SSSR count). The quantitative estimate of drug-likeness (QED) is 0.895. The highest BCUT2D eigenvalue weighted by atomic mass is 19.1. The van der Waals surface area contributed by atoms with Crippen molar-refractivity contribution in [3.05, 3.63) is 70.0 Å². The topological polar surface area (TPSA) is 20.2 Å². The van der Waals surface area contributed by atoms with Gasteiger partial charge in [0.05, 0.1) is 6.10 Å². The Hall–Kier alpha value is -1.67. The van der Waals surface area contributed by atoms with E-state index < -0.39 is 6.10 Å². The van der Waals surface area contributed by atoms with Crippen LogP contribution in [0.1, 0.15) is 27.8 Å². The van der Waals surface area contributed by atoms with Crippen molar-refractivity contribution < 1.29 is 9.50 Å². The maximum Gasteiger partial charge on any atom is 0.123 e. The molecule has 1 atom stereocenters. The van der Waals surface area contributed by atoms with E-state index in [1.54, 1.807) is 6.07 Å². The molecular formula is C18H21FO. The van der Waals surface area contributed by atoms with Crippen molar-refractivity contribution in [3.8, 4) is 0 Å². The smallest absolute Gasteiger partial charge is 0.123 e. The summed E-state index contributed by atoms with van der Waals surface area (Å²) in [6.45, 7) is 6.22. The van der Waals surface area contributed by atoms with Gasteiger partial charge in [-0.1, -0.05) is 29.8 Å². The van der Waals surface area contributed by atoms with E-state index in [0.29, 0.717) is 12.8 Å². The van der Waals surface area contributed by atoms with Crippen LogP contribution in [-0.2, 0) is 12.8 Å². The molecule has 0 heterocycles. The maximum atomic E-state index is 13.1. The fourth-order valence-electron chi connectivity index (χ4n) is 2.78. The molecule has 0 aliphatic rings. The van der Waals surface area contributed by atoms with Gasteiger partial charge in [0, 0.05) is 0 Å². The molecule has 0 spiro atoms. The van der Waals surface area contributed by atoms with Gasteiger partial charge in [-0.15, -0.1) is 0 Å². The first-order valence-corrected chi connectivity index (χ1v) is 6.95. The molecule has 20 heavy (non-hydrogen) atoms. The third-order valence-electron chi connectivity index (χ3n) is 3.64. The number of aliphatic hydroxyl groups is 1. The van der Waals surface area contributed by atoms with Crippen LogP contribution in [0.15, 0.2) is 36.4 Å². The van der Waals surface area contributed by atoms with E-state index in [0.717, 1.165) is 5.56 Å². The zero-order chi connectivity index (χ0) is 14.7. The standard InChI is InChI=1S/C18H21FO/c1-12-7-13(2)18(14(3)8-12)11-17(20)10-15-5-4-6-16(19)9-15/h4-9,17,20H,10-11H2,1-3H3. The Bertz CT molecular complexity index is 581. The summed E-state index contributed by atoms with van der Waals surface area (Å²) in [6, 6.07) is 10.7. The van der Waals surface area contributed by atoms with Crippen molar-refractivity contribution in [3.63, 3.8) is 0 Å². The van der Waals surface area contributed by atoms with Crippen molar-refractivity contribution in [2.24, 2.45) is 0 Å². The molecule has 1 nitrogen and oxygen atoms in total. The minimum Gasteiger partial charge on any atom is -0.392 e. The molecule has 2 aromatic rings. The monoisotopic (exact) mass is 272 g/mol. The van der Waals surface area contributed by atoms with E-state index in [1.807, 2.05) is 6.07 Å². The van der Waals surface area contributed by atoms with Gasteiger partial charge in [0.2, 0.25) is 0 Å². The largest absolute Gasteiger partial charge is 0.392 e. The summed E-state index contributed by atoms with van der Waals surface area (Å²) < 4.78 is 13.1. The van der Waals surface area contributed by atoms with Crippen LogP contribution < -0.4 is 0 Å². The summed E-state index contributed by atoms with van der Waals surface area (Å²) >= 11 is 0. The fraction of sp³-hybridized carbons (Fsp3) is 0.333. The van der Waals surface area contributed by atoms with Gasteiger partial charge in [0.1, 0.15) is 5.82 Å². The zero-order valence-electron chi connectivity index (χ0n) is 12.3. The highest BCUT2D eigenvalue weighted by Gasteiger charge is 2.11. The van der Waals surface area contributed by atoms with Crippen molar-refractivity contribution in [1.29, 1.82) is 0 Å². The highest BCUT2D eigenvalue weighted by molar-refractivity contribution is 5.38. The molecule has 1 unspecified atom stereocenters. The van der Waals surface area contributed by atoms with Gasteiger partial charge < -0.3 is 5.11 Å². The predicted octanol–water partition coefficient (Wildman–Crippen LogP) is 3.90. The predicted molar refractivity (Wildman–Crippen MR) is 80.5 cm³/mol. The lowest BCUT2D eigenvalue weighted by molar-refractivity contribution is 0.175. The Labute approximate surface area is 120 Å². The molecule has 0 aromatic heterocycles. The normalized spacial score (nSPS) is 12.4. The van der Waals surface area contributed by atoms with Gasteiger partial charge in [-0.25, -0.2) is 4.39 Å². The van der Waals surface area contributed by atoms with Crippen molar-refractivity contribution >= 4 is 0 Å². The fourth-order valence-corrected chi connectivity index (χ4v) is 2.78. The van der Waals surface area contributed by atoms with Crippen LogP contribution in [0.4, 0.5) is 4.39 Å². The number of benzene rings is 2. The van der Waals surface area contributed by atoms with Crippen molar-refractivity contribution in [2.45, 2.75) is 39.7 Å². The van der Waals surface area contributed by atoms with Crippen LogP contribution in [0.2, 0.25) is 0 Å². The van der Waals surface area contributed by atoms with Gasteiger partial charge in [0.15, 0.2) is 0 Å². The third kappa shape index (κ3) is 3.67. The first kappa shape index (κ1) is 14.7. The average Bonchev–Trinajstić information content (AvgIpc) is 2.33. The molecule has 0 aliphatic carbocycles. The number of aryl methyl sites for hydroxylation is 3. The minimum absolute atomic E-state index is 0.252. The van der Waals surface area contributed by atoms with Gasteiger partial charge in [-0.05, 0) is 68.0 Å². The second-order valence-electron chi connectivity index (χ2n) is 5.57. The Morgan fingerprint density at radius 2 is 1.65 bits per heavy atom. The van der Waals surface area contributed by atoms with E-state index in [9.17, 15) is 9.50 Å². The molecule has 0 radical (unpaired) electrons. The molecule has 106 valence electrons. The molecule has 0 amide bonds. The summed E-state index contributed by atoms with van der Waals surface area (Å²) in [5.74, 6) is -0.252. The highest BCUT2D eigenvalue weighted by Crippen LogP contribution is 2.19. The lowest BCUT2D eigenvalue weighted by atomic mass is 9.93. The van der Waals surface area contributed by atoms with E-state index in [1.165, 1.54) is 34.4 Å². The van der Waals surface area contributed by atoms with Crippen molar-refractivity contribution in [1.82, 2.24) is 0 Å². The average molecular weight is 272 g/mol. The van der Waals surface area contributed by atoms with E-state index >= 15 is 0 Å². The summed E-state index contributed by atoms with van der Waals surface area (Å²) in [7, 11) is 0. The van der Waals surface area contributed by atoms with Gasteiger partial charge in [0.25, 0.3) is 0 Å². The molecule has 0 saturated heterocycles. The molecule has 2 heteroatoms. The first-order chi connectivity index (χ1) is 9.45. The van der Waals surface area contributed by atoms with Gasteiger partial charge >= 0.3 is 0 Å². The molecular weight excluding hydrogens is 251 g/mol. The van der Waals surface area contributed by atoms with Crippen LogP contribution >= 0.6 is 0 Å². The lowest BCUT2D eigenvalue weighted by Gasteiger charge is -2.16. The Balaban J connectivity index is 2.10. The second-order valence-corrected chi connectivity index (χ2v) is 5.57. The minimum atomic E-state index is -0.489. The van der Waals surface area contributed by atoms with E-state index in [4.69, 9.17) is 0 Å². The molecule has 0 aliphatic heterocycles. The molecule has 0 bridgehead atoms. The molecule has 2 aromatic carbocycles. The number of hydrogen-bond acceptors (Lipinski definition) is 1. The van der Waals surface area contributed by atoms with E-state index in [2.05, 4.69) is 32.9 Å². The summed E-state index contributed by atoms with van der Waals surface area (Å²) in [5.41, 5.74) is 5.68. The number of hydrogen-bond donors (Lipinski definition) is 1.